The minimum atomic E-state index is -0.910. The molecule has 2 unspecified atom stereocenters. The van der Waals surface area contributed by atoms with Gasteiger partial charge in [0.1, 0.15) is 55.2 Å². The number of anilines is 4. The van der Waals surface area contributed by atoms with Crippen molar-refractivity contribution in [3.63, 3.8) is 0 Å². The van der Waals surface area contributed by atoms with Crippen LogP contribution in [0.2, 0.25) is 0 Å². The zero-order valence-electron chi connectivity index (χ0n) is 55.4. The van der Waals surface area contributed by atoms with Gasteiger partial charge in [0.05, 0.1) is 167 Å². The molecule has 1 saturated carbocycles. The average Bonchev–Trinajstić information content (AvgIpc) is 1.66. The highest BCUT2D eigenvalue weighted by molar-refractivity contribution is 8.00. The maximum Gasteiger partial charge on any atom is 0.338 e. The summed E-state index contributed by atoms with van der Waals surface area (Å²) in [4.78, 5) is 120. The summed E-state index contributed by atoms with van der Waals surface area (Å²) in [6.45, 7) is 5.50. The van der Waals surface area contributed by atoms with Crippen molar-refractivity contribution in [2.45, 2.75) is 71.2 Å². The van der Waals surface area contributed by atoms with Gasteiger partial charge in [-0.2, -0.15) is 0 Å². The Morgan fingerprint density at radius 2 is 0.864 bits per heavy atom. The Kier molecular flexibility index (Phi) is 30.0. The summed E-state index contributed by atoms with van der Waals surface area (Å²) in [6, 6.07) is 28.4. The van der Waals surface area contributed by atoms with E-state index in [0.29, 0.717) is 122 Å². The van der Waals surface area contributed by atoms with Crippen LogP contribution in [0.15, 0.2) is 129 Å². The fourth-order valence-corrected chi connectivity index (χ4v) is 12.4. The Bertz CT molecular complexity index is 4070. The molecular weight excluding hydrogens is 1390 g/mol. The third kappa shape index (κ3) is 22.4. The summed E-state index contributed by atoms with van der Waals surface area (Å²) in [5.74, 6) is -1.44. The molecule has 0 spiro atoms. The monoisotopic (exact) mass is 1460 g/mol. The third-order valence-electron chi connectivity index (χ3n) is 15.4. The van der Waals surface area contributed by atoms with Gasteiger partial charge in [0.15, 0.2) is 5.78 Å². The number of Topliss-reactive ketones (excluding diaryl/α,β-unsaturated/α-hetero) is 2. The first kappa shape index (κ1) is 78.6. The predicted octanol–water partition coefficient (Wildman–Crippen LogP) is 8.87. The standard InChI is InChI=1S/C34H33N3O11S.C30H32N2O11S.C5H8N2O2.CH4/c38-22-2-8-29(30(39)18-22)36-33(40)25-5-3-23(19-26(25)34(36)41)47-15-13-45-11-9-44-10-12-46-14-16-48-24-4-7-28-32(20-24)49-31-17-21(37(42)43)1-6-27(31)35-28;1-37-29(33)23-6-4-21(18-24(23)30(34)38-2)42-15-13-40-11-9-39-10-12-41-14-16-43-22-5-8-26-28(19-22)44-27-17-20(32(35)36)3-7-25(27)31-26;6-3-1-2-4(8)7-5(3)9;/h1,3-7,17,19-20,29,35H,2,8-16,18H2;3-8,17-19,31H,9-16H2,1-2H3;3H,1-2,6H2,(H,7,8,9);1H4. The summed E-state index contributed by atoms with van der Waals surface area (Å²) in [6.07, 6.45) is 0.908. The van der Waals surface area contributed by atoms with Crippen molar-refractivity contribution in [2.24, 2.45) is 5.73 Å². The van der Waals surface area contributed by atoms with Crippen LogP contribution in [0.1, 0.15) is 81.0 Å². The third-order valence-corrected chi connectivity index (χ3v) is 17.7. The van der Waals surface area contributed by atoms with Crippen molar-refractivity contribution in [3.8, 4) is 23.0 Å². The lowest BCUT2D eigenvalue weighted by Crippen LogP contribution is -2.48. The molecule has 1 saturated heterocycles. The van der Waals surface area contributed by atoms with E-state index in [1.807, 2.05) is 36.4 Å². The predicted molar refractivity (Wildman–Crippen MR) is 372 cm³/mol. The number of piperidine rings is 1. The van der Waals surface area contributed by atoms with Gasteiger partial charge in [-0.15, -0.1) is 0 Å². The first-order chi connectivity index (χ1) is 49.4. The number of methoxy groups -OCH3 is 2. The quantitative estimate of drug-likeness (QED) is 0.00744. The van der Waals surface area contributed by atoms with E-state index >= 15 is 0 Å². The minimum Gasteiger partial charge on any atom is -0.491 e. The number of carbonyl (C=O) groups is 8. The van der Waals surface area contributed by atoms with E-state index in [1.165, 1.54) is 74.1 Å². The summed E-state index contributed by atoms with van der Waals surface area (Å²) in [5, 5.41) is 30.9. The molecule has 5 N–H and O–H groups in total. The summed E-state index contributed by atoms with van der Waals surface area (Å²) < 4.78 is 65.4. The van der Waals surface area contributed by atoms with Crippen molar-refractivity contribution in [1.29, 1.82) is 0 Å². The number of rotatable bonds is 33. The number of ether oxygens (including phenoxy) is 12. The molecule has 0 aromatic heterocycles. The average molecular weight is 1460 g/mol. The normalized spacial score (nSPS) is 15.2. The number of amides is 4. The van der Waals surface area contributed by atoms with Gasteiger partial charge in [-0.1, -0.05) is 31.0 Å². The smallest absolute Gasteiger partial charge is 0.338 e. The number of nitro groups is 2. The van der Waals surface area contributed by atoms with E-state index in [2.05, 4.69) is 20.7 Å². The number of non-ortho nitro benzene ring substituents is 2. The van der Waals surface area contributed by atoms with Crippen LogP contribution in [0, 0.1) is 20.2 Å². The van der Waals surface area contributed by atoms with Gasteiger partial charge in [-0.3, -0.25) is 59.2 Å². The minimum absolute atomic E-state index is 0. The van der Waals surface area contributed by atoms with Crippen LogP contribution >= 0.6 is 23.5 Å². The zero-order chi connectivity index (χ0) is 72.5. The van der Waals surface area contributed by atoms with E-state index in [4.69, 9.17) is 57.8 Å². The highest BCUT2D eigenvalue weighted by atomic mass is 32.2. The van der Waals surface area contributed by atoms with Gasteiger partial charge in [0, 0.05) is 56.7 Å². The molecule has 4 aliphatic heterocycles. The van der Waals surface area contributed by atoms with Crippen LogP contribution in [-0.2, 0) is 57.1 Å². The Morgan fingerprint density at radius 1 is 0.476 bits per heavy atom. The topological polar surface area (TPSA) is 399 Å². The number of fused-ring (bicyclic) bond motifs is 5. The number of nitrogens with one attached hydrogen (secondary N) is 3. The fraction of sp³-hybridized carbons (Fsp3) is 0.371. The molecule has 6 aromatic carbocycles. The maximum absolute atomic E-state index is 13.0. The second-order valence-electron chi connectivity index (χ2n) is 22.4. The van der Waals surface area contributed by atoms with E-state index < -0.39 is 51.5 Å². The molecule has 4 amide bonds. The number of imide groups is 2. The Hall–Kier alpha value is -10.1. The SMILES string of the molecule is C.COC(=O)c1ccc(OCCOCCOCCOCCOc2ccc3c(c2)Sc2cc([N+](=O)[O-])ccc2N3)cc1C(=O)OC.NC1CCC(=O)NC1=O.O=C1CCC(N2C(=O)c3ccc(OCCOCCOCCOCCOc4ccc5c(c4)Sc4cc([N+](=O)[O-])ccc4N5)cc3C2=O)C(=O)C1. The molecular formula is C70H77N7O24S2. The molecule has 5 aliphatic rings. The van der Waals surface area contributed by atoms with Gasteiger partial charge in [0.2, 0.25) is 11.8 Å². The summed E-state index contributed by atoms with van der Waals surface area (Å²) in [5.41, 5.74) is 9.37. The van der Waals surface area contributed by atoms with Crippen molar-refractivity contribution >= 4 is 105 Å². The lowest BCUT2D eigenvalue weighted by atomic mass is 9.92. The molecule has 4 heterocycles. The number of ketones is 2. The summed E-state index contributed by atoms with van der Waals surface area (Å²) in [7, 11) is 2.46. The lowest BCUT2D eigenvalue weighted by molar-refractivity contribution is -0.385. The van der Waals surface area contributed by atoms with Crippen molar-refractivity contribution in [3.05, 3.63) is 152 Å². The van der Waals surface area contributed by atoms with Crippen LogP contribution in [0.3, 0.4) is 0 Å². The number of esters is 2. The Morgan fingerprint density at radius 3 is 1.29 bits per heavy atom. The second kappa shape index (κ2) is 39.4. The van der Waals surface area contributed by atoms with Gasteiger partial charge in [0.25, 0.3) is 23.2 Å². The van der Waals surface area contributed by atoms with Crippen LogP contribution in [0.25, 0.3) is 0 Å². The molecule has 0 radical (unpaired) electrons. The highest BCUT2D eigenvalue weighted by Crippen LogP contribution is 2.48. The lowest BCUT2D eigenvalue weighted by Gasteiger charge is -2.27. The highest BCUT2D eigenvalue weighted by Gasteiger charge is 2.44. The second-order valence-corrected chi connectivity index (χ2v) is 24.6. The maximum atomic E-state index is 13.0. The number of nitrogens with two attached hydrogens (primary N) is 1. The van der Waals surface area contributed by atoms with Crippen molar-refractivity contribution in [1.82, 2.24) is 10.2 Å². The van der Waals surface area contributed by atoms with Crippen molar-refractivity contribution in [2.75, 3.05) is 131 Å². The van der Waals surface area contributed by atoms with Crippen LogP contribution in [-0.4, -0.2) is 194 Å². The van der Waals surface area contributed by atoms with Gasteiger partial charge in [-0.25, -0.2) is 9.59 Å². The number of nitro benzene ring substituents is 2. The molecule has 0 bridgehead atoms. The molecule has 2 atom stereocenters. The van der Waals surface area contributed by atoms with E-state index in [0.717, 1.165) is 47.2 Å². The van der Waals surface area contributed by atoms with Gasteiger partial charge >= 0.3 is 11.9 Å². The summed E-state index contributed by atoms with van der Waals surface area (Å²) >= 11 is 2.90. The zero-order valence-corrected chi connectivity index (χ0v) is 57.1. The van der Waals surface area contributed by atoms with E-state index in [9.17, 15) is 58.6 Å². The molecule has 548 valence electrons. The molecule has 1 aliphatic carbocycles. The first-order valence-electron chi connectivity index (χ1n) is 32.1. The molecule has 6 aromatic rings. The van der Waals surface area contributed by atoms with Crippen LogP contribution in [0.5, 0.6) is 23.0 Å². The fourth-order valence-electron chi connectivity index (χ4n) is 10.3. The molecule has 2 fully saturated rings. The number of carbonyl (C=O) groups excluding carboxylic acids is 8. The molecule has 103 heavy (non-hydrogen) atoms. The number of hydrogen-bond donors (Lipinski definition) is 4. The van der Waals surface area contributed by atoms with Crippen LogP contribution in [0.4, 0.5) is 34.1 Å². The van der Waals surface area contributed by atoms with Gasteiger partial charge < -0.3 is 73.2 Å². The number of hydrogen-bond acceptors (Lipinski definition) is 29. The molecule has 33 heteroatoms. The van der Waals surface area contributed by atoms with Crippen LogP contribution < -0.4 is 40.6 Å². The van der Waals surface area contributed by atoms with E-state index in [-0.39, 0.29) is 97.7 Å². The number of nitrogens with zero attached hydrogens (tertiary/aromatic N) is 3. The Labute approximate surface area is 599 Å². The molecule has 11 rings (SSSR count). The first-order valence-corrected chi connectivity index (χ1v) is 33.7. The van der Waals surface area contributed by atoms with E-state index in [1.54, 1.807) is 36.4 Å². The van der Waals surface area contributed by atoms with Crippen molar-refractivity contribution < 1.29 is 105 Å². The number of benzene rings is 6. The largest absolute Gasteiger partial charge is 0.491 e. The Balaban J connectivity index is 0.000000231. The molecule has 31 nitrogen and oxygen atoms in total. The van der Waals surface area contributed by atoms with Gasteiger partial charge in [-0.05, 0) is 97.8 Å².